The van der Waals surface area contributed by atoms with Crippen LogP contribution < -0.4 is 0 Å². The Morgan fingerprint density at radius 1 is 1.27 bits per heavy atom. The van der Waals surface area contributed by atoms with Crippen molar-refractivity contribution in [2.45, 2.75) is 32.7 Å². The number of benzene rings is 1. The highest BCUT2D eigenvalue weighted by Crippen LogP contribution is 2.21. The van der Waals surface area contributed by atoms with Crippen molar-refractivity contribution < 1.29 is 4.39 Å². The number of halogens is 1. The second kappa shape index (κ2) is 10.3. The summed E-state index contributed by atoms with van der Waals surface area (Å²) in [4.78, 5) is 9.58. The molecule has 0 unspecified atom stereocenters. The SMILES string of the molecule is CCN(Cc1cccn1-c1nccs1)C[C@H]1CCCN(CCc2cccc(F)c2)C1. The molecule has 6 heteroatoms. The lowest BCUT2D eigenvalue weighted by Gasteiger charge is -2.35. The van der Waals surface area contributed by atoms with E-state index in [1.165, 1.54) is 24.6 Å². The monoisotopic (exact) mass is 426 g/mol. The fourth-order valence-electron chi connectivity index (χ4n) is 4.45. The lowest BCUT2D eigenvalue weighted by atomic mass is 9.96. The number of hydrogen-bond acceptors (Lipinski definition) is 4. The molecule has 3 aromatic rings. The van der Waals surface area contributed by atoms with Crippen LogP contribution in [0.1, 0.15) is 31.0 Å². The van der Waals surface area contributed by atoms with Gasteiger partial charge in [0, 0.05) is 49.6 Å². The molecule has 0 radical (unpaired) electrons. The number of piperidine rings is 1. The Morgan fingerprint density at radius 3 is 3.00 bits per heavy atom. The average molecular weight is 427 g/mol. The third kappa shape index (κ3) is 5.56. The zero-order valence-corrected chi connectivity index (χ0v) is 18.5. The van der Waals surface area contributed by atoms with Crippen molar-refractivity contribution in [1.29, 1.82) is 0 Å². The van der Waals surface area contributed by atoms with E-state index >= 15 is 0 Å². The molecule has 30 heavy (non-hydrogen) atoms. The molecule has 0 aliphatic carbocycles. The molecule has 0 N–H and O–H groups in total. The van der Waals surface area contributed by atoms with Crippen molar-refractivity contribution >= 4 is 11.3 Å². The van der Waals surface area contributed by atoms with Gasteiger partial charge in [-0.2, -0.15) is 0 Å². The van der Waals surface area contributed by atoms with Crippen molar-refractivity contribution in [2.24, 2.45) is 5.92 Å². The molecule has 1 fully saturated rings. The minimum Gasteiger partial charge on any atom is -0.303 e. The summed E-state index contributed by atoms with van der Waals surface area (Å²) in [6, 6.07) is 11.3. The number of thiazole rings is 1. The Bertz CT molecular complexity index is 908. The summed E-state index contributed by atoms with van der Waals surface area (Å²) in [5, 5.41) is 3.06. The summed E-state index contributed by atoms with van der Waals surface area (Å²) in [5.41, 5.74) is 2.39. The van der Waals surface area contributed by atoms with E-state index in [-0.39, 0.29) is 5.82 Å². The van der Waals surface area contributed by atoms with Crippen molar-refractivity contribution in [2.75, 3.05) is 32.7 Å². The Hall–Kier alpha value is -2.02. The largest absolute Gasteiger partial charge is 0.303 e. The predicted octanol–water partition coefficient (Wildman–Crippen LogP) is 4.85. The van der Waals surface area contributed by atoms with Crippen molar-refractivity contribution in [1.82, 2.24) is 19.4 Å². The van der Waals surface area contributed by atoms with Crippen LogP contribution in [0.2, 0.25) is 0 Å². The molecule has 0 bridgehead atoms. The lowest BCUT2D eigenvalue weighted by molar-refractivity contribution is 0.132. The summed E-state index contributed by atoms with van der Waals surface area (Å²) < 4.78 is 15.6. The summed E-state index contributed by atoms with van der Waals surface area (Å²) >= 11 is 1.67. The smallest absolute Gasteiger partial charge is 0.193 e. The molecule has 3 heterocycles. The van der Waals surface area contributed by atoms with E-state index in [0.29, 0.717) is 5.92 Å². The Balaban J connectivity index is 1.31. The maximum atomic E-state index is 13.4. The van der Waals surface area contributed by atoms with Crippen LogP contribution in [0.3, 0.4) is 0 Å². The van der Waals surface area contributed by atoms with Crippen LogP contribution in [0.15, 0.2) is 54.2 Å². The van der Waals surface area contributed by atoms with Crippen LogP contribution >= 0.6 is 11.3 Å². The molecule has 4 nitrogen and oxygen atoms in total. The fourth-order valence-corrected chi connectivity index (χ4v) is 5.11. The topological polar surface area (TPSA) is 24.3 Å². The quantitative estimate of drug-likeness (QED) is 0.489. The van der Waals surface area contributed by atoms with E-state index in [1.807, 2.05) is 23.7 Å². The van der Waals surface area contributed by atoms with Crippen LogP contribution in [-0.4, -0.2) is 52.1 Å². The maximum absolute atomic E-state index is 13.4. The predicted molar refractivity (Wildman–Crippen MR) is 122 cm³/mol. The molecule has 0 saturated carbocycles. The molecular weight excluding hydrogens is 395 g/mol. The minimum absolute atomic E-state index is 0.134. The van der Waals surface area contributed by atoms with Gasteiger partial charge >= 0.3 is 0 Å². The molecule has 1 saturated heterocycles. The first-order valence-electron chi connectivity index (χ1n) is 11.0. The van der Waals surface area contributed by atoms with E-state index in [1.54, 1.807) is 17.4 Å². The summed E-state index contributed by atoms with van der Waals surface area (Å²) in [5.74, 6) is 0.555. The van der Waals surface area contributed by atoms with E-state index < -0.39 is 0 Å². The molecular formula is C24H31FN4S. The summed E-state index contributed by atoms with van der Waals surface area (Å²) in [6.45, 7) is 8.67. The summed E-state index contributed by atoms with van der Waals surface area (Å²) in [6.07, 6.45) is 7.43. The zero-order valence-electron chi connectivity index (χ0n) is 17.7. The number of nitrogens with zero attached hydrogens (tertiary/aromatic N) is 4. The fraction of sp³-hybridized carbons (Fsp3) is 0.458. The van der Waals surface area contributed by atoms with E-state index in [2.05, 4.69) is 44.6 Å². The van der Waals surface area contributed by atoms with Gasteiger partial charge in [0.1, 0.15) is 5.82 Å². The first kappa shape index (κ1) is 21.2. The third-order valence-electron chi connectivity index (χ3n) is 6.02. The van der Waals surface area contributed by atoms with E-state index in [9.17, 15) is 4.39 Å². The second-order valence-corrected chi connectivity index (χ2v) is 9.07. The summed E-state index contributed by atoms with van der Waals surface area (Å²) in [7, 11) is 0. The molecule has 1 atom stereocenters. The molecule has 1 aliphatic rings. The van der Waals surface area contributed by atoms with Crippen molar-refractivity contribution in [3.05, 3.63) is 71.2 Å². The van der Waals surface area contributed by atoms with Crippen LogP contribution in [0.4, 0.5) is 4.39 Å². The van der Waals surface area contributed by atoms with E-state index in [0.717, 1.165) is 56.4 Å². The van der Waals surface area contributed by atoms with Crippen molar-refractivity contribution in [3.63, 3.8) is 0 Å². The molecule has 0 amide bonds. The van der Waals surface area contributed by atoms with Gasteiger partial charge < -0.3 is 4.90 Å². The molecule has 1 aromatic carbocycles. The Labute approximate surface area is 183 Å². The molecule has 0 spiro atoms. The first-order chi connectivity index (χ1) is 14.7. The van der Waals surface area contributed by atoms with Gasteiger partial charge in [0.25, 0.3) is 0 Å². The zero-order chi connectivity index (χ0) is 20.8. The molecule has 4 rings (SSSR count). The van der Waals surface area contributed by atoms with Gasteiger partial charge in [0.05, 0.1) is 0 Å². The third-order valence-corrected chi connectivity index (χ3v) is 6.79. The average Bonchev–Trinajstić information content (AvgIpc) is 3.44. The van der Waals surface area contributed by atoms with Gasteiger partial charge in [-0.15, -0.1) is 11.3 Å². The number of hydrogen-bond donors (Lipinski definition) is 0. The van der Waals surface area contributed by atoms with Gasteiger partial charge in [0.2, 0.25) is 0 Å². The normalized spacial score (nSPS) is 17.6. The second-order valence-electron chi connectivity index (χ2n) is 8.20. The molecule has 1 aliphatic heterocycles. The molecule has 160 valence electrons. The standard InChI is InChI=1S/C24H31FN4S/c1-2-27(19-23-9-5-13-29(23)24-26-11-15-30-24)17-21-7-4-12-28(18-21)14-10-20-6-3-8-22(25)16-20/h3,5-6,8-9,11,13,15-16,21H,2,4,7,10,12,14,17-19H2,1H3/t21-/m1/s1. The lowest BCUT2D eigenvalue weighted by Crippen LogP contribution is -2.41. The number of likely N-dealkylation sites (tertiary alicyclic amines) is 1. The number of aromatic nitrogens is 2. The highest BCUT2D eigenvalue weighted by atomic mass is 32.1. The van der Waals surface area contributed by atoms with Crippen molar-refractivity contribution in [3.8, 4) is 5.13 Å². The first-order valence-corrected chi connectivity index (χ1v) is 11.8. The van der Waals surface area contributed by atoms with E-state index in [4.69, 9.17) is 0 Å². The van der Waals surface area contributed by atoms with Crippen LogP contribution in [0.5, 0.6) is 0 Å². The minimum atomic E-state index is -0.134. The van der Waals surface area contributed by atoms with Gasteiger partial charge in [-0.05, 0) is 68.1 Å². The van der Waals surface area contributed by atoms with Gasteiger partial charge in [-0.1, -0.05) is 19.1 Å². The maximum Gasteiger partial charge on any atom is 0.193 e. The number of rotatable bonds is 9. The van der Waals surface area contributed by atoms with Gasteiger partial charge in [-0.3, -0.25) is 9.47 Å². The van der Waals surface area contributed by atoms with Crippen LogP contribution in [0, 0.1) is 11.7 Å². The van der Waals surface area contributed by atoms with Crippen LogP contribution in [-0.2, 0) is 13.0 Å². The highest BCUT2D eigenvalue weighted by Gasteiger charge is 2.22. The Morgan fingerprint density at radius 2 is 2.20 bits per heavy atom. The highest BCUT2D eigenvalue weighted by molar-refractivity contribution is 7.12. The Kier molecular flexibility index (Phi) is 7.31. The van der Waals surface area contributed by atoms with Gasteiger partial charge in [0.15, 0.2) is 5.13 Å². The molecule has 2 aromatic heterocycles. The van der Waals surface area contributed by atoms with Gasteiger partial charge in [-0.25, -0.2) is 9.37 Å². The van der Waals surface area contributed by atoms with Crippen LogP contribution in [0.25, 0.3) is 5.13 Å².